The van der Waals surface area contributed by atoms with Crippen molar-refractivity contribution in [1.82, 2.24) is 9.62 Å². The van der Waals surface area contributed by atoms with Gasteiger partial charge in [0.25, 0.3) is 0 Å². The van der Waals surface area contributed by atoms with Gasteiger partial charge in [0.1, 0.15) is 0 Å². The molecule has 0 radical (unpaired) electrons. The minimum Gasteiger partial charge on any atom is -0.381 e. The number of sulfonamides is 1. The third-order valence-electron chi connectivity index (χ3n) is 4.41. The summed E-state index contributed by atoms with van der Waals surface area (Å²) in [7, 11) is -1.06. The fourth-order valence-corrected chi connectivity index (χ4v) is 4.45. The molecule has 0 aliphatic carbocycles. The maximum absolute atomic E-state index is 11.7. The second-order valence-corrected chi connectivity index (χ2v) is 8.15. The number of nitrogens with zero attached hydrogens (tertiary/aromatic N) is 1. The van der Waals surface area contributed by atoms with E-state index in [1.54, 1.807) is 4.31 Å². The van der Waals surface area contributed by atoms with Crippen molar-refractivity contribution in [3.63, 3.8) is 0 Å². The monoisotopic (exact) mass is 290 g/mol. The standard InChI is InChI=1S/C13H26N2O3S/c1-14-10-13(5-7-18-11-13)8-12-4-3-6-15(9-12)19(2,16)17/h12,14H,3-11H2,1-2H3. The molecule has 19 heavy (non-hydrogen) atoms. The average molecular weight is 290 g/mol. The molecule has 0 aromatic carbocycles. The quantitative estimate of drug-likeness (QED) is 0.809. The maximum Gasteiger partial charge on any atom is 0.211 e. The number of piperidine rings is 1. The highest BCUT2D eigenvalue weighted by Gasteiger charge is 2.38. The summed E-state index contributed by atoms with van der Waals surface area (Å²) in [4.78, 5) is 0. The summed E-state index contributed by atoms with van der Waals surface area (Å²) in [5.41, 5.74) is 0.208. The van der Waals surface area contributed by atoms with Gasteiger partial charge in [0.15, 0.2) is 0 Å². The molecule has 2 fully saturated rings. The molecule has 0 bridgehead atoms. The van der Waals surface area contributed by atoms with E-state index in [-0.39, 0.29) is 5.41 Å². The van der Waals surface area contributed by atoms with Crippen LogP contribution in [0.2, 0.25) is 0 Å². The van der Waals surface area contributed by atoms with Crippen LogP contribution in [0.1, 0.15) is 25.7 Å². The van der Waals surface area contributed by atoms with Gasteiger partial charge in [-0.25, -0.2) is 12.7 Å². The van der Waals surface area contributed by atoms with Gasteiger partial charge in [0.05, 0.1) is 12.9 Å². The molecule has 1 N–H and O–H groups in total. The van der Waals surface area contributed by atoms with E-state index in [2.05, 4.69) is 5.32 Å². The van der Waals surface area contributed by atoms with Crippen molar-refractivity contribution in [2.75, 3.05) is 46.2 Å². The summed E-state index contributed by atoms with van der Waals surface area (Å²) in [6, 6.07) is 0. The lowest BCUT2D eigenvalue weighted by Gasteiger charge is -2.36. The van der Waals surface area contributed by atoms with Crippen molar-refractivity contribution < 1.29 is 13.2 Å². The second kappa shape index (κ2) is 6.08. The van der Waals surface area contributed by atoms with Crippen molar-refractivity contribution in [1.29, 1.82) is 0 Å². The van der Waals surface area contributed by atoms with Gasteiger partial charge in [-0.3, -0.25) is 0 Å². The highest BCUT2D eigenvalue weighted by atomic mass is 32.2. The molecule has 2 aliphatic rings. The smallest absolute Gasteiger partial charge is 0.211 e. The summed E-state index contributed by atoms with van der Waals surface area (Å²) >= 11 is 0. The summed E-state index contributed by atoms with van der Waals surface area (Å²) in [5.74, 6) is 0.471. The van der Waals surface area contributed by atoms with Gasteiger partial charge in [0, 0.05) is 31.7 Å². The molecule has 0 aromatic rings. The zero-order valence-electron chi connectivity index (χ0n) is 12.0. The van der Waals surface area contributed by atoms with E-state index in [1.807, 2.05) is 7.05 Å². The molecule has 112 valence electrons. The Kier molecular flexibility index (Phi) is 4.87. The van der Waals surface area contributed by atoms with Crippen LogP contribution in [0, 0.1) is 11.3 Å². The zero-order chi connectivity index (χ0) is 13.9. The number of nitrogens with one attached hydrogen (secondary N) is 1. The van der Waals surface area contributed by atoms with Gasteiger partial charge in [0.2, 0.25) is 10.0 Å². The van der Waals surface area contributed by atoms with Gasteiger partial charge >= 0.3 is 0 Å². The molecule has 2 unspecified atom stereocenters. The number of hydrogen-bond donors (Lipinski definition) is 1. The van der Waals surface area contributed by atoms with Gasteiger partial charge in [-0.15, -0.1) is 0 Å². The molecule has 0 aromatic heterocycles. The van der Waals surface area contributed by atoms with Crippen LogP contribution in [0.25, 0.3) is 0 Å². The third kappa shape index (κ3) is 3.90. The predicted molar refractivity (Wildman–Crippen MR) is 75.6 cm³/mol. The molecule has 2 heterocycles. The van der Waals surface area contributed by atoms with Gasteiger partial charge in [-0.05, 0) is 38.6 Å². The molecule has 0 spiro atoms. The van der Waals surface area contributed by atoms with Crippen molar-refractivity contribution in [3.8, 4) is 0 Å². The van der Waals surface area contributed by atoms with Gasteiger partial charge < -0.3 is 10.1 Å². The van der Waals surface area contributed by atoms with Crippen LogP contribution in [0.3, 0.4) is 0 Å². The van der Waals surface area contributed by atoms with Gasteiger partial charge in [-0.2, -0.15) is 0 Å². The Morgan fingerprint density at radius 3 is 2.84 bits per heavy atom. The van der Waals surface area contributed by atoms with E-state index < -0.39 is 10.0 Å². The Morgan fingerprint density at radius 1 is 1.47 bits per heavy atom. The molecule has 0 saturated carbocycles. The van der Waals surface area contributed by atoms with Crippen molar-refractivity contribution in [2.24, 2.45) is 11.3 Å². The van der Waals surface area contributed by atoms with E-state index >= 15 is 0 Å². The Labute approximate surface area is 116 Å². The van der Waals surface area contributed by atoms with E-state index in [4.69, 9.17) is 4.74 Å². The summed E-state index contributed by atoms with van der Waals surface area (Å²) < 4.78 is 30.5. The van der Waals surface area contributed by atoms with Crippen LogP contribution < -0.4 is 5.32 Å². The maximum atomic E-state index is 11.7. The summed E-state index contributed by atoms with van der Waals surface area (Å²) in [6.07, 6.45) is 5.59. The van der Waals surface area contributed by atoms with E-state index in [0.29, 0.717) is 19.0 Å². The van der Waals surface area contributed by atoms with Crippen molar-refractivity contribution in [3.05, 3.63) is 0 Å². The van der Waals surface area contributed by atoms with Crippen molar-refractivity contribution >= 4 is 10.0 Å². The van der Waals surface area contributed by atoms with E-state index in [0.717, 1.165) is 45.4 Å². The minimum atomic E-state index is -3.04. The molecule has 2 atom stereocenters. The molecular formula is C13H26N2O3S. The molecule has 6 heteroatoms. The fourth-order valence-electron chi connectivity index (χ4n) is 3.50. The molecule has 0 amide bonds. The third-order valence-corrected chi connectivity index (χ3v) is 5.68. The zero-order valence-corrected chi connectivity index (χ0v) is 12.8. The lowest BCUT2D eigenvalue weighted by molar-refractivity contribution is 0.117. The molecule has 2 aliphatic heterocycles. The first kappa shape index (κ1) is 15.2. The molecule has 2 saturated heterocycles. The Hall–Kier alpha value is -0.170. The largest absolute Gasteiger partial charge is 0.381 e. The van der Waals surface area contributed by atoms with Crippen LogP contribution in [0.4, 0.5) is 0 Å². The number of rotatable bonds is 5. The molecular weight excluding hydrogens is 264 g/mol. The Bertz CT molecular complexity index is 391. The topological polar surface area (TPSA) is 58.6 Å². The highest BCUT2D eigenvalue weighted by molar-refractivity contribution is 7.88. The lowest BCUT2D eigenvalue weighted by Crippen LogP contribution is -2.43. The minimum absolute atomic E-state index is 0.208. The fraction of sp³-hybridized carbons (Fsp3) is 1.00. The van der Waals surface area contributed by atoms with Crippen LogP contribution in [0.5, 0.6) is 0 Å². The molecule has 5 nitrogen and oxygen atoms in total. The van der Waals surface area contributed by atoms with Crippen LogP contribution in [-0.2, 0) is 14.8 Å². The van der Waals surface area contributed by atoms with Crippen LogP contribution >= 0.6 is 0 Å². The first-order valence-electron chi connectivity index (χ1n) is 7.13. The van der Waals surface area contributed by atoms with Gasteiger partial charge in [-0.1, -0.05) is 0 Å². The normalized spacial score (nSPS) is 33.7. The lowest BCUT2D eigenvalue weighted by atomic mass is 9.76. The van der Waals surface area contributed by atoms with Crippen molar-refractivity contribution in [2.45, 2.75) is 25.7 Å². The van der Waals surface area contributed by atoms with E-state index in [9.17, 15) is 8.42 Å². The number of ether oxygens (including phenoxy) is 1. The Morgan fingerprint density at radius 2 is 2.26 bits per heavy atom. The molecule has 2 rings (SSSR count). The van der Waals surface area contributed by atoms with Crippen LogP contribution in [0.15, 0.2) is 0 Å². The predicted octanol–water partition coefficient (Wildman–Crippen LogP) is 0.674. The number of hydrogen-bond acceptors (Lipinski definition) is 4. The first-order valence-corrected chi connectivity index (χ1v) is 8.97. The van der Waals surface area contributed by atoms with Crippen LogP contribution in [-0.4, -0.2) is 58.9 Å². The summed E-state index contributed by atoms with van der Waals surface area (Å²) in [6.45, 7) is 3.98. The first-order chi connectivity index (χ1) is 8.95. The average Bonchev–Trinajstić information content (AvgIpc) is 2.77. The Balaban J connectivity index is 1.97. The highest BCUT2D eigenvalue weighted by Crippen LogP contribution is 2.37. The summed E-state index contributed by atoms with van der Waals surface area (Å²) in [5, 5.41) is 3.27. The SMILES string of the molecule is CNCC1(CC2CCCN(S(C)(=O)=O)C2)CCOC1. The van der Waals surface area contributed by atoms with E-state index in [1.165, 1.54) is 6.26 Å². The second-order valence-electron chi connectivity index (χ2n) is 6.17.